The van der Waals surface area contributed by atoms with Crippen molar-refractivity contribution < 1.29 is 14.3 Å². The topological polar surface area (TPSA) is 50.8 Å². The minimum Gasteiger partial charge on any atom is -0.493 e. The third-order valence-corrected chi connectivity index (χ3v) is 5.19. The predicted octanol–water partition coefficient (Wildman–Crippen LogP) is 2.82. The van der Waals surface area contributed by atoms with Crippen LogP contribution in [0.2, 0.25) is 0 Å². The fourth-order valence-electron chi connectivity index (χ4n) is 2.74. The largest absolute Gasteiger partial charge is 0.493 e. The van der Waals surface area contributed by atoms with Crippen LogP contribution in [0.15, 0.2) is 23.1 Å². The molecule has 1 aliphatic heterocycles. The summed E-state index contributed by atoms with van der Waals surface area (Å²) in [6.45, 7) is 1.73. The SMILES string of the molecule is CNC1CCN(C(=O)CCSc2ccc(OC)c(OC)c2)CC1.Cl. The van der Waals surface area contributed by atoms with E-state index in [-0.39, 0.29) is 18.3 Å². The molecule has 0 unspecified atom stereocenters. The number of likely N-dealkylation sites (tertiary alicyclic amines) is 1. The Morgan fingerprint density at radius 2 is 1.92 bits per heavy atom. The van der Waals surface area contributed by atoms with Crippen molar-refractivity contribution in [1.82, 2.24) is 10.2 Å². The first-order chi connectivity index (χ1) is 11.2. The van der Waals surface area contributed by atoms with Crippen molar-refractivity contribution in [2.24, 2.45) is 0 Å². The fourth-order valence-corrected chi connectivity index (χ4v) is 3.61. The first-order valence-electron chi connectivity index (χ1n) is 7.97. The third kappa shape index (κ3) is 5.76. The molecule has 1 N–H and O–H groups in total. The lowest BCUT2D eigenvalue weighted by molar-refractivity contribution is -0.131. The Kier molecular flexibility index (Phi) is 9.33. The average Bonchev–Trinajstić information content (AvgIpc) is 2.61. The molecule has 1 saturated heterocycles. The molecule has 0 saturated carbocycles. The van der Waals surface area contributed by atoms with Crippen molar-refractivity contribution in [1.29, 1.82) is 0 Å². The third-order valence-electron chi connectivity index (χ3n) is 4.20. The van der Waals surface area contributed by atoms with E-state index in [0.717, 1.165) is 48.1 Å². The summed E-state index contributed by atoms with van der Waals surface area (Å²) in [6, 6.07) is 6.40. The quantitative estimate of drug-likeness (QED) is 0.744. The van der Waals surface area contributed by atoms with Crippen LogP contribution in [0.25, 0.3) is 0 Å². The summed E-state index contributed by atoms with van der Waals surface area (Å²) in [4.78, 5) is 15.3. The second-order valence-electron chi connectivity index (χ2n) is 5.56. The zero-order valence-electron chi connectivity index (χ0n) is 14.5. The number of hydrogen-bond donors (Lipinski definition) is 1. The zero-order valence-corrected chi connectivity index (χ0v) is 16.2. The number of carbonyl (C=O) groups excluding carboxylic acids is 1. The van der Waals surface area contributed by atoms with Crippen molar-refractivity contribution >= 4 is 30.1 Å². The Bertz CT molecular complexity index is 523. The maximum Gasteiger partial charge on any atom is 0.223 e. The van der Waals surface area contributed by atoms with Gasteiger partial charge in [-0.05, 0) is 38.1 Å². The lowest BCUT2D eigenvalue weighted by Gasteiger charge is -2.31. The van der Waals surface area contributed by atoms with E-state index >= 15 is 0 Å². The summed E-state index contributed by atoms with van der Waals surface area (Å²) >= 11 is 1.67. The lowest BCUT2D eigenvalue weighted by Crippen LogP contribution is -2.44. The first kappa shape index (κ1) is 20.9. The van der Waals surface area contributed by atoms with E-state index in [4.69, 9.17) is 9.47 Å². The second-order valence-corrected chi connectivity index (χ2v) is 6.73. The standard InChI is InChI=1S/C17H26N2O3S.ClH/c1-18-13-6-9-19(10-7-13)17(20)8-11-23-14-4-5-15(21-2)16(12-14)22-3;/h4-5,12-13,18H,6-11H2,1-3H3;1H. The number of hydrogen-bond acceptors (Lipinski definition) is 5. The molecule has 0 radical (unpaired) electrons. The summed E-state index contributed by atoms with van der Waals surface area (Å²) in [5.41, 5.74) is 0. The van der Waals surface area contributed by atoms with Gasteiger partial charge >= 0.3 is 0 Å². The zero-order chi connectivity index (χ0) is 16.7. The lowest BCUT2D eigenvalue weighted by atomic mass is 10.1. The number of ether oxygens (including phenoxy) is 2. The molecular formula is C17H27ClN2O3S. The van der Waals surface area contributed by atoms with Gasteiger partial charge in [-0.15, -0.1) is 24.2 Å². The molecule has 0 spiro atoms. The minimum absolute atomic E-state index is 0. The van der Waals surface area contributed by atoms with Crippen LogP contribution in [-0.4, -0.2) is 57.0 Å². The van der Waals surface area contributed by atoms with Gasteiger partial charge in [0.05, 0.1) is 14.2 Å². The number of carbonyl (C=O) groups is 1. The first-order valence-corrected chi connectivity index (χ1v) is 8.96. The van der Waals surface area contributed by atoms with Gasteiger partial charge in [0.2, 0.25) is 5.91 Å². The molecule has 1 fully saturated rings. The van der Waals surface area contributed by atoms with Crippen LogP contribution in [0.1, 0.15) is 19.3 Å². The Balaban J connectivity index is 0.00000288. The van der Waals surface area contributed by atoms with E-state index in [0.29, 0.717) is 12.5 Å². The molecule has 24 heavy (non-hydrogen) atoms. The Morgan fingerprint density at radius 1 is 1.25 bits per heavy atom. The highest BCUT2D eigenvalue weighted by molar-refractivity contribution is 7.99. The van der Waals surface area contributed by atoms with Crippen LogP contribution >= 0.6 is 24.2 Å². The van der Waals surface area contributed by atoms with Gasteiger partial charge in [-0.1, -0.05) is 0 Å². The van der Waals surface area contributed by atoms with E-state index in [1.807, 2.05) is 30.1 Å². The molecule has 7 heteroatoms. The van der Waals surface area contributed by atoms with Crippen LogP contribution in [0.4, 0.5) is 0 Å². The Labute approximate surface area is 154 Å². The maximum atomic E-state index is 12.3. The Morgan fingerprint density at radius 3 is 2.50 bits per heavy atom. The Hall–Kier alpha value is -1.11. The van der Waals surface area contributed by atoms with Gasteiger partial charge in [0.1, 0.15) is 0 Å². The van der Waals surface area contributed by atoms with E-state index in [1.165, 1.54) is 0 Å². The fraction of sp³-hybridized carbons (Fsp3) is 0.588. The number of rotatable bonds is 7. The normalized spacial score (nSPS) is 14.9. The van der Waals surface area contributed by atoms with Crippen LogP contribution in [-0.2, 0) is 4.79 Å². The number of halogens is 1. The van der Waals surface area contributed by atoms with Gasteiger partial charge in [0.25, 0.3) is 0 Å². The monoisotopic (exact) mass is 374 g/mol. The number of piperidine rings is 1. The molecule has 136 valence electrons. The van der Waals surface area contributed by atoms with E-state index in [1.54, 1.807) is 26.0 Å². The summed E-state index contributed by atoms with van der Waals surface area (Å²) in [5, 5.41) is 3.28. The predicted molar refractivity (Wildman–Crippen MR) is 101 cm³/mol. The van der Waals surface area contributed by atoms with Crippen molar-refractivity contribution in [3.05, 3.63) is 18.2 Å². The summed E-state index contributed by atoms with van der Waals surface area (Å²) in [6.07, 6.45) is 2.67. The molecule has 1 heterocycles. The average molecular weight is 375 g/mol. The van der Waals surface area contributed by atoms with Crippen LogP contribution < -0.4 is 14.8 Å². The van der Waals surface area contributed by atoms with Gasteiger partial charge in [0.15, 0.2) is 11.5 Å². The molecule has 0 aliphatic carbocycles. The van der Waals surface area contributed by atoms with Crippen molar-refractivity contribution in [2.45, 2.75) is 30.2 Å². The molecule has 0 atom stereocenters. The highest BCUT2D eigenvalue weighted by atomic mass is 35.5. The molecule has 1 aromatic carbocycles. The van der Waals surface area contributed by atoms with Crippen LogP contribution in [0.5, 0.6) is 11.5 Å². The van der Waals surface area contributed by atoms with Crippen molar-refractivity contribution in [3.63, 3.8) is 0 Å². The van der Waals surface area contributed by atoms with Gasteiger partial charge in [0, 0.05) is 36.2 Å². The van der Waals surface area contributed by atoms with E-state index < -0.39 is 0 Å². The van der Waals surface area contributed by atoms with Gasteiger partial charge < -0.3 is 19.7 Å². The van der Waals surface area contributed by atoms with Crippen molar-refractivity contribution in [2.75, 3.05) is 40.1 Å². The van der Waals surface area contributed by atoms with E-state index in [9.17, 15) is 4.79 Å². The summed E-state index contributed by atoms with van der Waals surface area (Å²) in [5.74, 6) is 2.48. The van der Waals surface area contributed by atoms with Gasteiger partial charge in [-0.2, -0.15) is 0 Å². The smallest absolute Gasteiger partial charge is 0.223 e. The maximum absolute atomic E-state index is 12.3. The number of thioether (sulfide) groups is 1. The number of benzene rings is 1. The molecule has 5 nitrogen and oxygen atoms in total. The van der Waals surface area contributed by atoms with Crippen LogP contribution in [0, 0.1) is 0 Å². The summed E-state index contributed by atoms with van der Waals surface area (Å²) in [7, 11) is 5.24. The number of nitrogens with zero attached hydrogens (tertiary/aromatic N) is 1. The molecule has 0 aromatic heterocycles. The number of methoxy groups -OCH3 is 2. The highest BCUT2D eigenvalue weighted by Gasteiger charge is 2.21. The van der Waals surface area contributed by atoms with Gasteiger partial charge in [-0.25, -0.2) is 0 Å². The highest BCUT2D eigenvalue weighted by Crippen LogP contribution is 2.32. The minimum atomic E-state index is 0. The number of nitrogens with one attached hydrogen (secondary N) is 1. The van der Waals surface area contributed by atoms with Crippen molar-refractivity contribution in [3.8, 4) is 11.5 Å². The second kappa shape index (κ2) is 10.7. The van der Waals surface area contributed by atoms with Crippen LogP contribution in [0.3, 0.4) is 0 Å². The molecule has 1 amide bonds. The number of amides is 1. The van der Waals surface area contributed by atoms with E-state index in [2.05, 4.69) is 5.32 Å². The molecule has 1 aliphatic rings. The molecule has 0 bridgehead atoms. The molecule has 2 rings (SSSR count). The molecule has 1 aromatic rings. The summed E-state index contributed by atoms with van der Waals surface area (Å²) < 4.78 is 10.5. The van der Waals surface area contributed by atoms with Gasteiger partial charge in [-0.3, -0.25) is 4.79 Å². The molecular weight excluding hydrogens is 348 g/mol.